The zero-order valence-electron chi connectivity index (χ0n) is 9.89. The molecule has 0 atom stereocenters. The average Bonchev–Trinajstić information content (AvgIpc) is 2.14. The zero-order chi connectivity index (χ0) is 13.0. The first kappa shape index (κ1) is 13.3. The number of nitrogen functional groups attached to an aromatic ring is 1. The molecular weight excluding hydrogens is 232 g/mol. The summed E-state index contributed by atoms with van der Waals surface area (Å²) in [6.07, 6.45) is -2.61. The first-order chi connectivity index (χ1) is 7.88. The van der Waals surface area contributed by atoms with E-state index in [2.05, 4.69) is 15.0 Å². The van der Waals surface area contributed by atoms with Crippen LogP contribution in [0.3, 0.4) is 0 Å². The number of halogens is 2. The lowest BCUT2D eigenvalue weighted by atomic mass is 10.5. The van der Waals surface area contributed by atoms with Crippen LogP contribution in [0.25, 0.3) is 0 Å². The summed E-state index contributed by atoms with van der Waals surface area (Å²) in [5.41, 5.74) is 5.45. The Labute approximate surface area is 97.8 Å². The smallest absolute Gasteiger partial charge is 0.323 e. The number of ether oxygens (including phenoxy) is 1. The molecule has 0 saturated heterocycles. The second-order valence-electron chi connectivity index (χ2n) is 3.71. The Bertz CT molecular complexity index is 374. The van der Waals surface area contributed by atoms with Gasteiger partial charge in [0.25, 0.3) is 6.43 Å². The van der Waals surface area contributed by atoms with E-state index in [1.54, 1.807) is 13.8 Å². The number of hydrogen-bond acceptors (Lipinski definition) is 6. The fraction of sp³-hybridized carbons (Fsp3) is 0.667. The maximum Gasteiger partial charge on any atom is 0.323 e. The molecule has 0 aliphatic rings. The minimum atomic E-state index is -2.48. The van der Waals surface area contributed by atoms with Crippen molar-refractivity contribution in [1.29, 1.82) is 0 Å². The summed E-state index contributed by atoms with van der Waals surface area (Å²) in [7, 11) is 1.44. The van der Waals surface area contributed by atoms with Crippen LogP contribution in [0.1, 0.15) is 13.8 Å². The molecule has 0 fully saturated rings. The van der Waals surface area contributed by atoms with Crippen molar-refractivity contribution in [2.24, 2.45) is 0 Å². The highest BCUT2D eigenvalue weighted by molar-refractivity contribution is 5.35. The third-order valence-corrected chi connectivity index (χ3v) is 1.71. The van der Waals surface area contributed by atoms with Gasteiger partial charge in [0.2, 0.25) is 11.9 Å². The van der Waals surface area contributed by atoms with Crippen LogP contribution in [0.2, 0.25) is 0 Å². The average molecular weight is 247 g/mol. The summed E-state index contributed by atoms with van der Waals surface area (Å²) in [6.45, 7) is 3.11. The number of nitrogens with zero attached hydrogens (tertiary/aromatic N) is 4. The number of alkyl halides is 2. The Balaban J connectivity index is 2.88. The van der Waals surface area contributed by atoms with Crippen molar-refractivity contribution in [1.82, 2.24) is 15.0 Å². The third-order valence-electron chi connectivity index (χ3n) is 1.71. The molecule has 2 N–H and O–H groups in total. The number of rotatable bonds is 5. The van der Waals surface area contributed by atoms with Crippen molar-refractivity contribution >= 4 is 11.9 Å². The molecule has 8 heteroatoms. The maximum absolute atomic E-state index is 12.2. The van der Waals surface area contributed by atoms with Gasteiger partial charge >= 0.3 is 6.01 Å². The summed E-state index contributed by atoms with van der Waals surface area (Å²) in [5, 5.41) is 0. The monoisotopic (exact) mass is 247 g/mol. The summed E-state index contributed by atoms with van der Waals surface area (Å²) >= 11 is 0. The largest absolute Gasteiger partial charge is 0.461 e. The van der Waals surface area contributed by atoms with Crippen molar-refractivity contribution in [3.05, 3.63) is 0 Å². The molecule has 0 aliphatic carbocycles. The lowest BCUT2D eigenvalue weighted by molar-refractivity contribution is 0.155. The summed E-state index contributed by atoms with van der Waals surface area (Å²) in [5.74, 6) is 0.000200. The van der Waals surface area contributed by atoms with Crippen LogP contribution < -0.4 is 15.4 Å². The Hall–Kier alpha value is -1.73. The van der Waals surface area contributed by atoms with Crippen molar-refractivity contribution < 1.29 is 13.5 Å². The van der Waals surface area contributed by atoms with Gasteiger partial charge in [0, 0.05) is 7.05 Å². The molecule has 1 aromatic heterocycles. The minimum absolute atomic E-state index is 0.0311. The molecule has 0 aliphatic heterocycles. The molecule has 6 nitrogen and oxygen atoms in total. The zero-order valence-corrected chi connectivity index (χ0v) is 9.89. The van der Waals surface area contributed by atoms with E-state index in [0.717, 1.165) is 0 Å². The fourth-order valence-electron chi connectivity index (χ4n) is 1.08. The molecule has 96 valence electrons. The molecular formula is C9H15F2N5O. The topological polar surface area (TPSA) is 77.2 Å². The molecule has 0 saturated carbocycles. The second-order valence-corrected chi connectivity index (χ2v) is 3.71. The Morgan fingerprint density at radius 3 is 2.47 bits per heavy atom. The van der Waals surface area contributed by atoms with E-state index in [9.17, 15) is 8.78 Å². The van der Waals surface area contributed by atoms with Crippen LogP contribution in [0.5, 0.6) is 6.01 Å². The van der Waals surface area contributed by atoms with Gasteiger partial charge in [0.1, 0.15) is 0 Å². The van der Waals surface area contributed by atoms with Crippen molar-refractivity contribution in [2.45, 2.75) is 26.4 Å². The summed E-state index contributed by atoms with van der Waals surface area (Å²) in [4.78, 5) is 12.6. The predicted molar refractivity (Wildman–Crippen MR) is 59.3 cm³/mol. The summed E-state index contributed by atoms with van der Waals surface area (Å²) < 4.78 is 29.6. The molecule has 0 amide bonds. The number of aromatic nitrogens is 3. The van der Waals surface area contributed by atoms with Crippen LogP contribution in [0, 0.1) is 0 Å². The van der Waals surface area contributed by atoms with Gasteiger partial charge in [0.05, 0.1) is 12.6 Å². The van der Waals surface area contributed by atoms with Crippen molar-refractivity contribution in [3.8, 4) is 6.01 Å². The van der Waals surface area contributed by atoms with E-state index in [0.29, 0.717) is 0 Å². The third kappa shape index (κ3) is 4.33. The van der Waals surface area contributed by atoms with Crippen LogP contribution in [-0.4, -0.2) is 41.1 Å². The van der Waals surface area contributed by atoms with Gasteiger partial charge in [-0.1, -0.05) is 0 Å². The van der Waals surface area contributed by atoms with Crippen LogP contribution >= 0.6 is 0 Å². The maximum atomic E-state index is 12.2. The molecule has 0 unspecified atom stereocenters. The molecule has 0 aromatic carbocycles. The SMILES string of the molecule is CC(C)Oc1nc(N)nc(N(C)CC(F)F)n1. The van der Waals surface area contributed by atoms with Crippen LogP contribution in [-0.2, 0) is 0 Å². The lowest BCUT2D eigenvalue weighted by Crippen LogP contribution is -2.26. The van der Waals surface area contributed by atoms with Crippen molar-refractivity contribution in [2.75, 3.05) is 24.2 Å². The van der Waals surface area contributed by atoms with E-state index < -0.39 is 13.0 Å². The standard InChI is InChI=1S/C9H15F2N5O/c1-5(2)17-9-14-7(12)13-8(15-9)16(3)4-6(10)11/h5-6H,4H2,1-3H3,(H2,12,13,14,15). The van der Waals surface area contributed by atoms with Crippen LogP contribution in [0.4, 0.5) is 20.7 Å². The van der Waals surface area contributed by atoms with Gasteiger partial charge in [-0.3, -0.25) is 0 Å². The van der Waals surface area contributed by atoms with Gasteiger partial charge in [-0.15, -0.1) is 0 Å². The highest BCUT2D eigenvalue weighted by Gasteiger charge is 2.14. The Kier molecular flexibility index (Phi) is 4.36. The molecule has 1 heterocycles. The summed E-state index contributed by atoms with van der Waals surface area (Å²) in [6, 6.07) is 0.0311. The number of hydrogen-bond donors (Lipinski definition) is 1. The number of anilines is 2. The highest BCUT2D eigenvalue weighted by Crippen LogP contribution is 2.14. The van der Waals surface area contributed by atoms with E-state index in [1.165, 1.54) is 11.9 Å². The van der Waals surface area contributed by atoms with E-state index >= 15 is 0 Å². The van der Waals surface area contributed by atoms with Gasteiger partial charge in [-0.25, -0.2) is 8.78 Å². The molecule has 1 aromatic rings. The quantitative estimate of drug-likeness (QED) is 0.834. The van der Waals surface area contributed by atoms with E-state index in [1.807, 2.05) is 0 Å². The Morgan fingerprint density at radius 1 is 1.29 bits per heavy atom. The first-order valence-corrected chi connectivity index (χ1v) is 5.06. The predicted octanol–water partition coefficient (Wildman–Crippen LogP) is 0.942. The van der Waals surface area contributed by atoms with Crippen LogP contribution in [0.15, 0.2) is 0 Å². The fourth-order valence-corrected chi connectivity index (χ4v) is 1.08. The highest BCUT2D eigenvalue weighted by atomic mass is 19.3. The van der Waals surface area contributed by atoms with Gasteiger partial charge < -0.3 is 15.4 Å². The normalized spacial score (nSPS) is 11.0. The van der Waals surface area contributed by atoms with Crippen molar-refractivity contribution in [3.63, 3.8) is 0 Å². The molecule has 0 bridgehead atoms. The van der Waals surface area contributed by atoms with Gasteiger partial charge in [-0.2, -0.15) is 15.0 Å². The molecule has 0 spiro atoms. The number of nitrogens with two attached hydrogens (primary N) is 1. The van der Waals surface area contributed by atoms with E-state index in [-0.39, 0.29) is 24.0 Å². The molecule has 1 rings (SSSR count). The minimum Gasteiger partial charge on any atom is -0.461 e. The van der Waals surface area contributed by atoms with Gasteiger partial charge in [-0.05, 0) is 13.8 Å². The van der Waals surface area contributed by atoms with E-state index in [4.69, 9.17) is 10.5 Å². The molecule has 0 radical (unpaired) electrons. The second kappa shape index (κ2) is 5.55. The lowest BCUT2D eigenvalue weighted by Gasteiger charge is -2.17. The van der Waals surface area contributed by atoms with Gasteiger partial charge in [0.15, 0.2) is 0 Å². The first-order valence-electron chi connectivity index (χ1n) is 5.06. The Morgan fingerprint density at radius 2 is 1.94 bits per heavy atom. The molecule has 17 heavy (non-hydrogen) atoms.